The molecule has 1 aliphatic heterocycles. The van der Waals surface area contributed by atoms with Gasteiger partial charge in [0.15, 0.2) is 12.2 Å². The first-order valence-electron chi connectivity index (χ1n) is 11.6. The van der Waals surface area contributed by atoms with E-state index in [0.717, 1.165) is 0 Å². The molecule has 1 aromatic carbocycles. The Morgan fingerprint density at radius 3 is 1.78 bits per heavy atom. The number of nitro groups is 1. The van der Waals surface area contributed by atoms with Crippen LogP contribution in [0.3, 0.4) is 0 Å². The summed E-state index contributed by atoms with van der Waals surface area (Å²) < 4.78 is 20.4. The van der Waals surface area contributed by atoms with Gasteiger partial charge < -0.3 is 24.3 Å². The minimum atomic E-state index is -1.26. The van der Waals surface area contributed by atoms with Crippen molar-refractivity contribution in [2.75, 3.05) is 13.2 Å². The zero-order chi connectivity index (χ0) is 27.9. The zero-order valence-electron chi connectivity index (χ0n) is 21.5. The van der Waals surface area contributed by atoms with Crippen molar-refractivity contribution < 1.29 is 43.0 Å². The maximum Gasteiger partial charge on any atom is 0.347 e. The van der Waals surface area contributed by atoms with Crippen molar-refractivity contribution in [2.24, 2.45) is 0 Å². The van der Waals surface area contributed by atoms with E-state index in [-0.39, 0.29) is 35.6 Å². The number of allylic oxidation sites excluding steroid dienone is 2. The monoisotopic (exact) mass is 518 g/mol. The van der Waals surface area contributed by atoms with E-state index in [1.807, 2.05) is 0 Å². The number of nitrogens with zero attached hydrogens (tertiary/aromatic N) is 1. The molecule has 0 amide bonds. The van der Waals surface area contributed by atoms with Gasteiger partial charge in [-0.3, -0.25) is 10.1 Å². The number of carbonyl (C=O) groups excluding carboxylic acids is 4. The molecule has 2 rings (SSSR count). The van der Waals surface area contributed by atoms with Crippen LogP contribution in [0.15, 0.2) is 46.8 Å². The normalized spacial score (nSPS) is 15.3. The van der Waals surface area contributed by atoms with Gasteiger partial charge in [-0.2, -0.15) is 0 Å². The molecule has 0 saturated heterocycles. The molecule has 0 spiro atoms. The molecule has 37 heavy (non-hydrogen) atoms. The molecule has 12 nitrogen and oxygen atoms in total. The molecule has 12 heteroatoms. The van der Waals surface area contributed by atoms with E-state index in [1.165, 1.54) is 38.1 Å². The highest BCUT2D eigenvalue weighted by molar-refractivity contribution is 6.01. The average molecular weight is 519 g/mol. The fourth-order valence-corrected chi connectivity index (χ4v) is 3.75. The summed E-state index contributed by atoms with van der Waals surface area (Å²) in [4.78, 5) is 61.5. The van der Waals surface area contributed by atoms with Crippen molar-refractivity contribution in [1.29, 1.82) is 0 Å². The Morgan fingerprint density at radius 1 is 0.919 bits per heavy atom. The molecule has 1 heterocycles. The molecule has 1 N–H and O–H groups in total. The molecule has 0 aromatic heterocycles. The molecule has 0 unspecified atom stereocenters. The Balaban J connectivity index is 2.58. The molecular formula is C25H30N2O10. The predicted molar refractivity (Wildman–Crippen MR) is 129 cm³/mol. The van der Waals surface area contributed by atoms with E-state index < -0.39 is 46.9 Å². The Hall–Kier alpha value is -4.22. The number of ether oxygens (including phenoxy) is 4. The highest BCUT2D eigenvalue weighted by Gasteiger charge is 2.40. The van der Waals surface area contributed by atoms with Crippen LogP contribution in [0.2, 0.25) is 0 Å². The van der Waals surface area contributed by atoms with Crippen LogP contribution < -0.4 is 5.32 Å². The number of nitrogens with one attached hydrogen (secondary N) is 1. The second kappa shape index (κ2) is 12.7. The van der Waals surface area contributed by atoms with Crippen LogP contribution in [0.1, 0.15) is 53.0 Å². The lowest BCUT2D eigenvalue weighted by molar-refractivity contribution is -0.384. The van der Waals surface area contributed by atoms with E-state index in [4.69, 9.17) is 18.9 Å². The minimum absolute atomic E-state index is 0.0713. The molecule has 0 fully saturated rings. The zero-order valence-corrected chi connectivity index (χ0v) is 21.5. The van der Waals surface area contributed by atoms with Crippen molar-refractivity contribution >= 4 is 29.6 Å². The number of nitro benzene ring substituents is 1. The summed E-state index contributed by atoms with van der Waals surface area (Å²) in [6.07, 6.45) is -2.52. The summed E-state index contributed by atoms with van der Waals surface area (Å²) in [6, 6.07) is 5.40. The van der Waals surface area contributed by atoms with Gasteiger partial charge in [0.05, 0.1) is 35.2 Å². The van der Waals surface area contributed by atoms with E-state index in [1.54, 1.807) is 27.7 Å². The maximum atomic E-state index is 13.3. The fraction of sp³-hybridized carbons (Fsp3) is 0.440. The third kappa shape index (κ3) is 6.93. The van der Waals surface area contributed by atoms with Crippen LogP contribution in [-0.4, -0.2) is 54.2 Å². The van der Waals surface area contributed by atoms with Crippen LogP contribution in [0.4, 0.5) is 5.69 Å². The van der Waals surface area contributed by atoms with Crippen LogP contribution in [0.25, 0.3) is 0 Å². The molecule has 1 aromatic rings. The molecule has 0 saturated carbocycles. The topological polar surface area (TPSA) is 160 Å². The highest BCUT2D eigenvalue weighted by atomic mass is 16.6. The van der Waals surface area contributed by atoms with Gasteiger partial charge >= 0.3 is 23.9 Å². The highest BCUT2D eigenvalue weighted by Crippen LogP contribution is 2.40. The first-order chi connectivity index (χ1) is 17.4. The van der Waals surface area contributed by atoms with Crippen molar-refractivity contribution in [1.82, 2.24) is 5.32 Å². The lowest BCUT2D eigenvalue weighted by Crippen LogP contribution is -2.36. The molecule has 0 radical (unpaired) electrons. The van der Waals surface area contributed by atoms with Gasteiger partial charge in [0.2, 0.25) is 0 Å². The van der Waals surface area contributed by atoms with Crippen LogP contribution in [-0.2, 0) is 38.1 Å². The molecule has 0 bridgehead atoms. The third-order valence-corrected chi connectivity index (χ3v) is 5.42. The van der Waals surface area contributed by atoms with Crippen LogP contribution in [0.5, 0.6) is 0 Å². The van der Waals surface area contributed by atoms with Crippen molar-refractivity contribution in [3.63, 3.8) is 0 Å². The summed E-state index contributed by atoms with van der Waals surface area (Å²) in [5, 5.41) is 14.4. The van der Waals surface area contributed by atoms with Crippen LogP contribution >= 0.6 is 0 Å². The Morgan fingerprint density at radius 2 is 1.38 bits per heavy atom. The molecular weight excluding hydrogens is 488 g/mol. The number of dihydropyridines is 1. The molecule has 200 valence electrons. The van der Waals surface area contributed by atoms with E-state index >= 15 is 0 Å². The van der Waals surface area contributed by atoms with E-state index in [9.17, 15) is 29.3 Å². The summed E-state index contributed by atoms with van der Waals surface area (Å²) in [5.74, 6) is -4.60. The first-order valence-corrected chi connectivity index (χ1v) is 11.6. The standard InChI is InChI=1S/C25H30N2O10/c1-7-34-22(28)15(5)36-24(30)19-13(3)26-14(4)20(25(31)37-16(6)23(29)35-8-2)21(19)17-10-9-11-18(12-17)27(32)33/h9-12,15-16,21,26H,7-8H2,1-6H3/t15-,16-/m0/s1. The predicted octanol–water partition coefficient (Wildman–Crippen LogP) is 2.82. The van der Waals surface area contributed by atoms with Gasteiger partial charge in [0, 0.05) is 23.5 Å². The number of benzene rings is 1. The number of hydrogen-bond acceptors (Lipinski definition) is 11. The summed E-state index contributed by atoms with van der Waals surface area (Å²) >= 11 is 0. The van der Waals surface area contributed by atoms with Gasteiger partial charge in [-0.05, 0) is 47.1 Å². The molecule has 2 atom stereocenters. The van der Waals surface area contributed by atoms with E-state index in [2.05, 4.69) is 5.32 Å². The lowest BCUT2D eigenvalue weighted by atomic mass is 9.80. The van der Waals surface area contributed by atoms with Gasteiger partial charge in [-0.25, -0.2) is 19.2 Å². The number of hydrogen-bond donors (Lipinski definition) is 1. The SMILES string of the molecule is CCOC(=O)[C@H](C)OC(=O)C1=C(C)NC(C)=C(C(=O)O[C@@H](C)C(=O)OCC)C1c1cccc([N+](=O)[O-])c1. The van der Waals surface area contributed by atoms with Gasteiger partial charge in [-0.15, -0.1) is 0 Å². The number of esters is 4. The van der Waals surface area contributed by atoms with Crippen molar-refractivity contribution in [2.45, 2.75) is 59.7 Å². The lowest BCUT2D eigenvalue weighted by Gasteiger charge is -2.31. The largest absolute Gasteiger partial charge is 0.463 e. The van der Waals surface area contributed by atoms with Crippen LogP contribution in [0, 0.1) is 10.1 Å². The summed E-state index contributed by atoms with van der Waals surface area (Å²) in [6.45, 7) is 9.15. The fourth-order valence-electron chi connectivity index (χ4n) is 3.75. The average Bonchev–Trinajstić information content (AvgIpc) is 2.83. The maximum absolute atomic E-state index is 13.3. The Kier molecular flexibility index (Phi) is 9.92. The number of non-ortho nitro benzene ring substituents is 1. The van der Waals surface area contributed by atoms with Crippen molar-refractivity contribution in [3.05, 3.63) is 62.5 Å². The smallest absolute Gasteiger partial charge is 0.347 e. The Labute approximate surface area is 213 Å². The third-order valence-electron chi connectivity index (χ3n) is 5.42. The summed E-state index contributed by atoms with van der Waals surface area (Å²) in [7, 11) is 0. The first kappa shape index (κ1) is 29.0. The van der Waals surface area contributed by atoms with Gasteiger partial charge in [0.1, 0.15) is 0 Å². The quantitative estimate of drug-likeness (QED) is 0.210. The minimum Gasteiger partial charge on any atom is -0.463 e. The van der Waals surface area contributed by atoms with Crippen molar-refractivity contribution in [3.8, 4) is 0 Å². The van der Waals surface area contributed by atoms with Gasteiger partial charge in [-0.1, -0.05) is 12.1 Å². The van der Waals surface area contributed by atoms with E-state index in [0.29, 0.717) is 11.4 Å². The second-order valence-corrected chi connectivity index (χ2v) is 8.09. The number of rotatable bonds is 10. The number of carbonyl (C=O) groups is 4. The summed E-state index contributed by atoms with van der Waals surface area (Å²) in [5.41, 5.74) is 0.401. The Bertz CT molecular complexity index is 1090. The van der Waals surface area contributed by atoms with Gasteiger partial charge in [0.25, 0.3) is 5.69 Å². The second-order valence-electron chi connectivity index (χ2n) is 8.09. The molecule has 0 aliphatic carbocycles. The molecule has 1 aliphatic rings.